The summed E-state index contributed by atoms with van der Waals surface area (Å²) in [5.74, 6) is 2.07. The Morgan fingerprint density at radius 3 is 2.73 bits per heavy atom. The van der Waals surface area contributed by atoms with E-state index in [0.717, 1.165) is 25.0 Å². The molecule has 0 aromatic heterocycles. The zero-order chi connectivity index (χ0) is 15.8. The topological polar surface area (TPSA) is 49.4 Å². The van der Waals surface area contributed by atoms with Crippen molar-refractivity contribution in [2.45, 2.75) is 32.2 Å². The molecular formula is C17H24N2O2S. The Morgan fingerprint density at radius 2 is 2.09 bits per heavy atom. The van der Waals surface area contributed by atoms with Crippen molar-refractivity contribution < 1.29 is 9.59 Å². The Morgan fingerprint density at radius 1 is 1.32 bits per heavy atom. The molecule has 1 fully saturated rings. The molecular weight excluding hydrogens is 296 g/mol. The quantitative estimate of drug-likeness (QED) is 0.873. The highest BCUT2D eigenvalue weighted by molar-refractivity contribution is 7.99. The van der Waals surface area contributed by atoms with Crippen LogP contribution in [0.25, 0.3) is 0 Å². The van der Waals surface area contributed by atoms with Crippen LogP contribution in [-0.2, 0) is 16.0 Å². The number of hydrogen-bond acceptors (Lipinski definition) is 3. The third-order valence-electron chi connectivity index (χ3n) is 3.82. The Kier molecular flexibility index (Phi) is 6.77. The van der Waals surface area contributed by atoms with Gasteiger partial charge < -0.3 is 10.2 Å². The number of nitrogens with one attached hydrogen (secondary N) is 1. The highest BCUT2D eigenvalue weighted by Gasteiger charge is 2.19. The van der Waals surface area contributed by atoms with Gasteiger partial charge in [-0.1, -0.05) is 30.3 Å². The van der Waals surface area contributed by atoms with Gasteiger partial charge in [-0.05, 0) is 30.6 Å². The molecule has 1 N–H and O–H groups in total. The lowest BCUT2D eigenvalue weighted by atomic mass is 10.1. The van der Waals surface area contributed by atoms with E-state index in [9.17, 15) is 9.59 Å². The molecule has 0 radical (unpaired) electrons. The van der Waals surface area contributed by atoms with Gasteiger partial charge in [-0.25, -0.2) is 0 Å². The van der Waals surface area contributed by atoms with Crippen molar-refractivity contribution in [1.29, 1.82) is 0 Å². The standard InChI is InChI=1S/C17H24N2O2S/c1-14(20)19(10-9-15-6-3-2-4-7-15)12-17(21)18-16-8-5-11-22-13-16/h2-4,6-7,16H,5,8-13H2,1H3,(H,18,21)/t16-/m1/s1. The molecule has 4 nitrogen and oxygen atoms in total. The first-order chi connectivity index (χ1) is 10.6. The van der Waals surface area contributed by atoms with Gasteiger partial charge in [0.15, 0.2) is 0 Å². The van der Waals surface area contributed by atoms with Gasteiger partial charge in [-0.2, -0.15) is 11.8 Å². The first-order valence-corrected chi connectivity index (χ1v) is 8.97. The Hall–Kier alpha value is -1.49. The molecule has 0 saturated carbocycles. The van der Waals surface area contributed by atoms with Crippen LogP contribution in [-0.4, -0.2) is 47.4 Å². The summed E-state index contributed by atoms with van der Waals surface area (Å²) >= 11 is 1.88. The summed E-state index contributed by atoms with van der Waals surface area (Å²) in [4.78, 5) is 25.5. The Labute approximate surface area is 136 Å². The average molecular weight is 320 g/mol. The van der Waals surface area contributed by atoms with Crippen molar-refractivity contribution in [2.24, 2.45) is 0 Å². The van der Waals surface area contributed by atoms with E-state index in [1.165, 1.54) is 18.2 Å². The van der Waals surface area contributed by atoms with E-state index >= 15 is 0 Å². The number of benzene rings is 1. The lowest BCUT2D eigenvalue weighted by Crippen LogP contribution is -2.45. The number of carbonyl (C=O) groups excluding carboxylic acids is 2. The van der Waals surface area contributed by atoms with Crippen molar-refractivity contribution in [3.8, 4) is 0 Å². The summed E-state index contributed by atoms with van der Waals surface area (Å²) in [6.07, 6.45) is 2.97. The SMILES string of the molecule is CC(=O)N(CCc1ccccc1)CC(=O)N[C@@H]1CCCSC1. The minimum atomic E-state index is -0.0518. The Balaban J connectivity index is 1.80. The van der Waals surface area contributed by atoms with E-state index in [1.54, 1.807) is 4.90 Å². The predicted molar refractivity (Wildman–Crippen MR) is 90.9 cm³/mol. The molecule has 0 spiro atoms. The second-order valence-electron chi connectivity index (χ2n) is 5.66. The number of thioether (sulfide) groups is 1. The third kappa shape index (κ3) is 5.72. The molecule has 1 aromatic rings. The molecule has 0 unspecified atom stereocenters. The fourth-order valence-corrected chi connectivity index (χ4v) is 3.63. The van der Waals surface area contributed by atoms with Crippen molar-refractivity contribution in [2.75, 3.05) is 24.6 Å². The summed E-state index contributed by atoms with van der Waals surface area (Å²) in [6.45, 7) is 2.25. The molecule has 5 heteroatoms. The molecule has 22 heavy (non-hydrogen) atoms. The number of rotatable bonds is 6. The number of hydrogen-bond donors (Lipinski definition) is 1. The normalized spacial score (nSPS) is 17.8. The van der Waals surface area contributed by atoms with Gasteiger partial charge >= 0.3 is 0 Å². The maximum atomic E-state index is 12.1. The predicted octanol–water partition coefficient (Wildman–Crippen LogP) is 2.09. The molecule has 2 amide bonds. The fourth-order valence-electron chi connectivity index (χ4n) is 2.56. The van der Waals surface area contributed by atoms with E-state index in [-0.39, 0.29) is 24.4 Å². The van der Waals surface area contributed by atoms with Crippen LogP contribution in [0.5, 0.6) is 0 Å². The largest absolute Gasteiger partial charge is 0.351 e. The number of nitrogens with zero attached hydrogens (tertiary/aromatic N) is 1. The van der Waals surface area contributed by atoms with Crippen LogP contribution < -0.4 is 5.32 Å². The lowest BCUT2D eigenvalue weighted by molar-refractivity contribution is -0.134. The lowest BCUT2D eigenvalue weighted by Gasteiger charge is -2.25. The molecule has 1 aliphatic rings. The summed E-state index contributed by atoms with van der Waals surface area (Å²) in [5, 5.41) is 3.05. The molecule has 0 aliphatic carbocycles. The molecule has 120 valence electrons. The summed E-state index contributed by atoms with van der Waals surface area (Å²) in [5.41, 5.74) is 1.18. The van der Waals surface area contributed by atoms with Crippen molar-refractivity contribution in [3.05, 3.63) is 35.9 Å². The van der Waals surface area contributed by atoms with Crippen LogP contribution in [0.15, 0.2) is 30.3 Å². The van der Waals surface area contributed by atoms with Gasteiger partial charge in [0.05, 0.1) is 6.54 Å². The van der Waals surface area contributed by atoms with E-state index < -0.39 is 0 Å². The number of carbonyl (C=O) groups is 2. The molecule has 1 aliphatic heterocycles. The van der Waals surface area contributed by atoms with Gasteiger partial charge in [-0.3, -0.25) is 9.59 Å². The molecule has 1 aromatic carbocycles. The van der Waals surface area contributed by atoms with E-state index in [0.29, 0.717) is 6.54 Å². The van der Waals surface area contributed by atoms with E-state index in [4.69, 9.17) is 0 Å². The highest BCUT2D eigenvalue weighted by atomic mass is 32.2. The summed E-state index contributed by atoms with van der Waals surface area (Å²) < 4.78 is 0. The molecule has 1 heterocycles. The Bertz CT molecular complexity index is 487. The summed E-state index contributed by atoms with van der Waals surface area (Å²) in [6, 6.07) is 10.3. The minimum Gasteiger partial charge on any atom is -0.351 e. The highest BCUT2D eigenvalue weighted by Crippen LogP contribution is 2.16. The average Bonchev–Trinajstić information content (AvgIpc) is 2.53. The second-order valence-corrected chi connectivity index (χ2v) is 6.81. The first kappa shape index (κ1) is 16.9. The van der Waals surface area contributed by atoms with E-state index in [1.807, 2.05) is 42.1 Å². The second kappa shape index (κ2) is 8.83. The zero-order valence-electron chi connectivity index (χ0n) is 13.1. The monoisotopic (exact) mass is 320 g/mol. The van der Waals surface area contributed by atoms with E-state index in [2.05, 4.69) is 5.32 Å². The van der Waals surface area contributed by atoms with Crippen LogP contribution in [0.2, 0.25) is 0 Å². The van der Waals surface area contributed by atoms with Crippen molar-refractivity contribution >= 4 is 23.6 Å². The zero-order valence-corrected chi connectivity index (χ0v) is 13.9. The summed E-state index contributed by atoms with van der Waals surface area (Å²) in [7, 11) is 0. The van der Waals surface area contributed by atoms with Crippen LogP contribution in [0.4, 0.5) is 0 Å². The van der Waals surface area contributed by atoms with Crippen LogP contribution >= 0.6 is 11.8 Å². The van der Waals surface area contributed by atoms with Crippen LogP contribution in [0.3, 0.4) is 0 Å². The minimum absolute atomic E-state index is 0.0456. The third-order valence-corrected chi connectivity index (χ3v) is 5.03. The first-order valence-electron chi connectivity index (χ1n) is 7.81. The van der Waals surface area contributed by atoms with Gasteiger partial charge in [0.25, 0.3) is 0 Å². The molecule has 1 saturated heterocycles. The van der Waals surface area contributed by atoms with Crippen molar-refractivity contribution in [3.63, 3.8) is 0 Å². The van der Waals surface area contributed by atoms with Gasteiger partial charge in [-0.15, -0.1) is 0 Å². The maximum absolute atomic E-state index is 12.1. The van der Waals surface area contributed by atoms with Gasteiger partial charge in [0.1, 0.15) is 0 Å². The van der Waals surface area contributed by atoms with Crippen LogP contribution in [0, 0.1) is 0 Å². The molecule has 1 atom stereocenters. The molecule has 2 rings (SSSR count). The van der Waals surface area contributed by atoms with Gasteiger partial charge in [0, 0.05) is 25.3 Å². The number of amides is 2. The van der Waals surface area contributed by atoms with Crippen molar-refractivity contribution in [1.82, 2.24) is 10.2 Å². The van der Waals surface area contributed by atoms with Gasteiger partial charge in [0.2, 0.25) is 11.8 Å². The smallest absolute Gasteiger partial charge is 0.239 e. The van der Waals surface area contributed by atoms with Crippen LogP contribution in [0.1, 0.15) is 25.3 Å². The molecule has 0 bridgehead atoms. The fraction of sp³-hybridized carbons (Fsp3) is 0.529. The maximum Gasteiger partial charge on any atom is 0.239 e.